The third kappa shape index (κ3) is 4.31. The van der Waals surface area contributed by atoms with Crippen LogP contribution in [0.2, 0.25) is 5.02 Å². The highest BCUT2D eigenvalue weighted by molar-refractivity contribution is 6.30. The van der Waals surface area contributed by atoms with Gasteiger partial charge in [0.25, 0.3) is 0 Å². The first kappa shape index (κ1) is 20.4. The molecule has 2 aromatic carbocycles. The topological polar surface area (TPSA) is 66.3 Å². The molecule has 1 atom stereocenters. The minimum atomic E-state index is -0.989. The molecule has 1 aliphatic rings. The van der Waals surface area contributed by atoms with Crippen LogP contribution >= 0.6 is 11.6 Å². The predicted molar refractivity (Wildman–Crippen MR) is 118 cm³/mol. The second-order valence-electron chi connectivity index (χ2n) is 7.66. The maximum Gasteiger partial charge on any atom is 0.339 e. The number of halogens is 1. The van der Waals surface area contributed by atoms with Gasteiger partial charge >= 0.3 is 5.97 Å². The molecule has 1 N–H and O–H groups in total. The van der Waals surface area contributed by atoms with Gasteiger partial charge in [-0.3, -0.25) is 0 Å². The molecule has 1 aliphatic heterocycles. The summed E-state index contributed by atoms with van der Waals surface area (Å²) in [5.74, 6) is -0.394. The second kappa shape index (κ2) is 8.84. The van der Waals surface area contributed by atoms with E-state index in [1.54, 1.807) is 0 Å². The van der Waals surface area contributed by atoms with E-state index in [1.165, 1.54) is 22.9 Å². The fraction of sp³-hybridized carbons (Fsp3) is 0.292. The Kier molecular flexibility index (Phi) is 6.00. The molecule has 154 valence electrons. The first-order valence-corrected chi connectivity index (χ1v) is 10.6. The maximum atomic E-state index is 11.7. The van der Waals surface area contributed by atoms with Crippen LogP contribution in [0.5, 0.6) is 0 Å². The highest BCUT2D eigenvalue weighted by atomic mass is 35.5. The summed E-state index contributed by atoms with van der Waals surface area (Å²) in [7, 11) is 0. The summed E-state index contributed by atoms with van der Waals surface area (Å²) < 4.78 is 0. The van der Waals surface area contributed by atoms with Gasteiger partial charge in [0.05, 0.1) is 17.3 Å². The lowest BCUT2D eigenvalue weighted by molar-refractivity contribution is 0.0694. The molecule has 1 saturated heterocycles. The van der Waals surface area contributed by atoms with Crippen molar-refractivity contribution in [2.24, 2.45) is 0 Å². The molecule has 2 heterocycles. The highest BCUT2D eigenvalue weighted by Gasteiger charge is 2.29. The van der Waals surface area contributed by atoms with Crippen molar-refractivity contribution >= 4 is 23.5 Å². The Balaban J connectivity index is 1.62. The van der Waals surface area contributed by atoms with Crippen LogP contribution in [-0.4, -0.2) is 27.6 Å². The Morgan fingerprint density at radius 2 is 1.93 bits per heavy atom. The lowest BCUT2D eigenvalue weighted by Gasteiger charge is -2.25. The van der Waals surface area contributed by atoms with Gasteiger partial charge in [-0.15, -0.1) is 0 Å². The minimum absolute atomic E-state index is 0.169. The van der Waals surface area contributed by atoms with Crippen molar-refractivity contribution in [1.29, 1.82) is 0 Å². The lowest BCUT2D eigenvalue weighted by Crippen LogP contribution is -2.25. The van der Waals surface area contributed by atoms with E-state index in [0.29, 0.717) is 23.1 Å². The quantitative estimate of drug-likeness (QED) is 0.587. The Morgan fingerprint density at radius 1 is 1.17 bits per heavy atom. The third-order valence-corrected chi connectivity index (χ3v) is 5.99. The number of benzene rings is 2. The van der Waals surface area contributed by atoms with Gasteiger partial charge in [0.1, 0.15) is 0 Å². The fourth-order valence-corrected chi connectivity index (χ4v) is 4.22. The van der Waals surface area contributed by atoms with Crippen molar-refractivity contribution in [3.8, 4) is 0 Å². The van der Waals surface area contributed by atoms with Crippen LogP contribution in [0.15, 0.2) is 54.7 Å². The number of aromatic carboxylic acids is 1. The van der Waals surface area contributed by atoms with Crippen molar-refractivity contribution in [3.63, 3.8) is 0 Å². The summed E-state index contributed by atoms with van der Waals surface area (Å²) >= 11 is 6.04. The van der Waals surface area contributed by atoms with Crippen molar-refractivity contribution in [2.45, 2.75) is 38.6 Å². The highest BCUT2D eigenvalue weighted by Crippen LogP contribution is 2.35. The van der Waals surface area contributed by atoms with Gasteiger partial charge < -0.3 is 10.0 Å². The molecule has 1 unspecified atom stereocenters. The molecule has 4 rings (SSSR count). The van der Waals surface area contributed by atoms with Gasteiger partial charge in [0, 0.05) is 17.8 Å². The second-order valence-corrected chi connectivity index (χ2v) is 8.10. The number of aromatic nitrogens is 2. The Hall–Kier alpha value is -2.92. The standard InChI is InChI=1S/C24H24ClN3O2/c1-16-5-2-3-6-17(16)10-13-21-20(23(29)30)15-26-24(27-21)28-14-4-7-22(28)18-8-11-19(25)12-9-18/h2-3,5-6,8-9,11-12,15,22H,4,7,10,13-14H2,1H3,(H,29,30). The van der Waals surface area contributed by atoms with Crippen molar-refractivity contribution in [2.75, 3.05) is 11.4 Å². The Bertz CT molecular complexity index is 1050. The van der Waals surface area contributed by atoms with Crippen molar-refractivity contribution < 1.29 is 9.90 Å². The van der Waals surface area contributed by atoms with E-state index in [4.69, 9.17) is 16.6 Å². The lowest BCUT2D eigenvalue weighted by atomic mass is 10.0. The molecule has 0 spiro atoms. The van der Waals surface area contributed by atoms with Crippen LogP contribution in [0.25, 0.3) is 0 Å². The van der Waals surface area contributed by atoms with E-state index in [9.17, 15) is 9.90 Å². The molecule has 0 bridgehead atoms. The molecule has 30 heavy (non-hydrogen) atoms. The van der Waals surface area contributed by atoms with E-state index in [1.807, 2.05) is 36.4 Å². The first-order valence-electron chi connectivity index (χ1n) is 10.2. The predicted octanol–water partition coefficient (Wildman–Crippen LogP) is 5.26. The van der Waals surface area contributed by atoms with Crippen LogP contribution < -0.4 is 4.90 Å². The summed E-state index contributed by atoms with van der Waals surface area (Å²) in [6.45, 7) is 2.91. The van der Waals surface area contributed by atoms with Crippen molar-refractivity contribution in [3.05, 3.63) is 87.7 Å². The number of nitrogens with zero attached hydrogens (tertiary/aromatic N) is 3. The average molecular weight is 422 g/mol. The number of anilines is 1. The largest absolute Gasteiger partial charge is 0.478 e. The Morgan fingerprint density at radius 3 is 2.67 bits per heavy atom. The van der Waals surface area contributed by atoms with Gasteiger partial charge in [-0.1, -0.05) is 48.0 Å². The molecular weight excluding hydrogens is 398 g/mol. The maximum absolute atomic E-state index is 11.7. The monoisotopic (exact) mass is 421 g/mol. The van der Waals surface area contributed by atoms with E-state index < -0.39 is 5.97 Å². The molecule has 0 aliphatic carbocycles. The number of aryl methyl sites for hydroxylation is 3. The van der Waals surface area contributed by atoms with Gasteiger partial charge in [0.2, 0.25) is 5.95 Å². The summed E-state index contributed by atoms with van der Waals surface area (Å²) in [4.78, 5) is 23.1. The third-order valence-electron chi connectivity index (χ3n) is 5.74. The molecule has 0 amide bonds. The zero-order valence-corrected chi connectivity index (χ0v) is 17.6. The van der Waals surface area contributed by atoms with E-state index >= 15 is 0 Å². The fourth-order valence-electron chi connectivity index (χ4n) is 4.10. The van der Waals surface area contributed by atoms with Gasteiger partial charge in [-0.2, -0.15) is 0 Å². The molecule has 0 saturated carbocycles. The van der Waals surface area contributed by atoms with Crippen LogP contribution in [0.3, 0.4) is 0 Å². The van der Waals surface area contributed by atoms with Gasteiger partial charge in [-0.25, -0.2) is 14.8 Å². The van der Waals surface area contributed by atoms with E-state index in [0.717, 1.165) is 25.8 Å². The summed E-state index contributed by atoms with van der Waals surface area (Å²) in [6.07, 6.45) is 4.79. The van der Waals surface area contributed by atoms with E-state index in [-0.39, 0.29) is 11.6 Å². The number of carboxylic acids is 1. The number of rotatable bonds is 6. The zero-order chi connectivity index (χ0) is 21.1. The molecule has 6 heteroatoms. The Labute approximate surface area is 181 Å². The number of carboxylic acid groups (broad SMARTS) is 1. The molecule has 1 fully saturated rings. The average Bonchev–Trinajstić information content (AvgIpc) is 3.23. The van der Waals surface area contributed by atoms with Crippen LogP contribution in [0.1, 0.15) is 51.6 Å². The molecule has 1 aromatic heterocycles. The SMILES string of the molecule is Cc1ccccc1CCc1nc(N2CCCC2c2ccc(Cl)cc2)ncc1C(=O)O. The number of hydrogen-bond donors (Lipinski definition) is 1. The van der Waals surface area contributed by atoms with Gasteiger partial charge in [-0.05, 0) is 61.4 Å². The van der Waals surface area contributed by atoms with E-state index in [2.05, 4.69) is 28.9 Å². The smallest absolute Gasteiger partial charge is 0.339 e. The molecular formula is C24H24ClN3O2. The number of hydrogen-bond acceptors (Lipinski definition) is 4. The zero-order valence-electron chi connectivity index (χ0n) is 16.9. The molecule has 3 aromatic rings. The molecule has 5 nitrogen and oxygen atoms in total. The van der Waals surface area contributed by atoms with Crippen LogP contribution in [-0.2, 0) is 12.8 Å². The minimum Gasteiger partial charge on any atom is -0.478 e. The van der Waals surface area contributed by atoms with Crippen LogP contribution in [0.4, 0.5) is 5.95 Å². The van der Waals surface area contributed by atoms with Crippen molar-refractivity contribution in [1.82, 2.24) is 9.97 Å². The number of carbonyl (C=O) groups is 1. The normalized spacial score (nSPS) is 16.1. The van der Waals surface area contributed by atoms with Gasteiger partial charge in [0.15, 0.2) is 0 Å². The van der Waals surface area contributed by atoms with Crippen LogP contribution in [0, 0.1) is 6.92 Å². The first-order chi connectivity index (χ1) is 14.5. The summed E-state index contributed by atoms with van der Waals surface area (Å²) in [5, 5.41) is 10.3. The summed E-state index contributed by atoms with van der Waals surface area (Å²) in [5.41, 5.74) is 4.33. The summed E-state index contributed by atoms with van der Waals surface area (Å²) in [6, 6.07) is 16.2. The molecule has 0 radical (unpaired) electrons.